The lowest BCUT2D eigenvalue weighted by atomic mass is 9.87. The number of carbonyl (C=O) groups is 1. The Bertz CT molecular complexity index is 394. The minimum absolute atomic E-state index is 0.345. The maximum absolute atomic E-state index is 10.8. The van der Waals surface area contributed by atoms with Crippen molar-refractivity contribution < 1.29 is 9.90 Å². The molecule has 1 fully saturated rings. The van der Waals surface area contributed by atoms with E-state index in [1.54, 1.807) is 0 Å². The fraction of sp³-hybridized carbons (Fsp3) is 0.562. The third-order valence-corrected chi connectivity index (χ3v) is 4.18. The van der Waals surface area contributed by atoms with Crippen LogP contribution in [0.2, 0.25) is 0 Å². The zero-order valence-corrected chi connectivity index (χ0v) is 11.1. The molecule has 98 valence electrons. The zero-order chi connectivity index (χ0) is 13.0. The first kappa shape index (κ1) is 13.1. The molecule has 1 aliphatic rings. The number of hydrogen-bond donors (Lipinski definition) is 1. The van der Waals surface area contributed by atoms with Gasteiger partial charge < -0.3 is 5.11 Å². The molecule has 0 bridgehead atoms. The molecule has 0 radical (unpaired) electrons. The van der Waals surface area contributed by atoms with Crippen LogP contribution in [0.1, 0.15) is 43.7 Å². The highest BCUT2D eigenvalue weighted by Gasteiger charge is 2.28. The van der Waals surface area contributed by atoms with Gasteiger partial charge in [0, 0.05) is 6.42 Å². The normalized spacial score (nSPS) is 23.2. The van der Waals surface area contributed by atoms with E-state index in [1.165, 1.54) is 24.0 Å². The topological polar surface area (TPSA) is 37.3 Å². The lowest BCUT2D eigenvalue weighted by molar-refractivity contribution is -0.138. The molecule has 2 rings (SSSR count). The van der Waals surface area contributed by atoms with Crippen molar-refractivity contribution in [2.75, 3.05) is 0 Å². The second-order valence-electron chi connectivity index (χ2n) is 5.42. The van der Waals surface area contributed by atoms with Crippen LogP contribution in [0, 0.1) is 11.8 Å². The molecular weight excluding hydrogens is 224 g/mol. The largest absolute Gasteiger partial charge is 0.481 e. The first-order chi connectivity index (χ1) is 8.69. The zero-order valence-electron chi connectivity index (χ0n) is 11.1. The summed E-state index contributed by atoms with van der Waals surface area (Å²) in [5.41, 5.74) is 2.72. The Morgan fingerprint density at radius 3 is 2.39 bits per heavy atom. The van der Waals surface area contributed by atoms with E-state index in [0.29, 0.717) is 18.3 Å². The maximum Gasteiger partial charge on any atom is 0.303 e. The Morgan fingerprint density at radius 1 is 1.17 bits per heavy atom. The average molecular weight is 246 g/mol. The van der Waals surface area contributed by atoms with Gasteiger partial charge in [-0.05, 0) is 48.6 Å². The number of aryl methyl sites for hydroxylation is 1. The van der Waals surface area contributed by atoms with Gasteiger partial charge in [-0.15, -0.1) is 0 Å². The van der Waals surface area contributed by atoms with Crippen molar-refractivity contribution in [3.05, 3.63) is 35.4 Å². The molecule has 2 heteroatoms. The molecule has 1 aliphatic carbocycles. The molecule has 0 amide bonds. The Morgan fingerprint density at radius 2 is 1.78 bits per heavy atom. The predicted octanol–water partition coefficient (Wildman–Crippen LogP) is 3.68. The number of aliphatic carboxylic acids is 1. The molecule has 0 aromatic heterocycles. The van der Waals surface area contributed by atoms with E-state index in [-0.39, 0.29) is 0 Å². The smallest absolute Gasteiger partial charge is 0.303 e. The van der Waals surface area contributed by atoms with E-state index < -0.39 is 5.97 Å². The van der Waals surface area contributed by atoms with Crippen molar-refractivity contribution in [2.45, 2.75) is 45.4 Å². The molecule has 1 aromatic carbocycles. The van der Waals surface area contributed by atoms with Gasteiger partial charge in [-0.2, -0.15) is 0 Å². The van der Waals surface area contributed by atoms with Gasteiger partial charge in [0.1, 0.15) is 0 Å². The SMILES string of the molecule is CCc1ccc(CC2CCCC2CC(=O)O)cc1. The van der Waals surface area contributed by atoms with Crippen molar-refractivity contribution in [1.29, 1.82) is 0 Å². The summed E-state index contributed by atoms with van der Waals surface area (Å²) in [6.07, 6.45) is 5.93. The first-order valence-corrected chi connectivity index (χ1v) is 6.98. The van der Waals surface area contributed by atoms with Gasteiger partial charge in [0.25, 0.3) is 0 Å². The van der Waals surface area contributed by atoms with Crippen molar-refractivity contribution in [3.63, 3.8) is 0 Å². The minimum atomic E-state index is -0.645. The second kappa shape index (κ2) is 6.03. The summed E-state index contributed by atoms with van der Waals surface area (Å²) >= 11 is 0. The molecule has 0 heterocycles. The van der Waals surface area contributed by atoms with Crippen LogP contribution >= 0.6 is 0 Å². The van der Waals surface area contributed by atoms with Crippen LogP contribution in [0.3, 0.4) is 0 Å². The van der Waals surface area contributed by atoms with E-state index in [9.17, 15) is 4.79 Å². The van der Waals surface area contributed by atoms with Crippen LogP contribution in [0.4, 0.5) is 0 Å². The molecule has 2 unspecified atom stereocenters. The molecule has 18 heavy (non-hydrogen) atoms. The van der Waals surface area contributed by atoms with Crippen LogP contribution in [-0.2, 0) is 17.6 Å². The first-order valence-electron chi connectivity index (χ1n) is 6.98. The standard InChI is InChI=1S/C16H22O2/c1-2-12-6-8-13(9-7-12)10-14-4-3-5-15(14)11-16(17)18/h6-9,14-15H,2-5,10-11H2,1H3,(H,17,18). The van der Waals surface area contributed by atoms with Gasteiger partial charge >= 0.3 is 5.97 Å². The predicted molar refractivity (Wildman–Crippen MR) is 72.6 cm³/mol. The van der Waals surface area contributed by atoms with Crippen LogP contribution in [0.15, 0.2) is 24.3 Å². The van der Waals surface area contributed by atoms with Crippen LogP contribution in [0.25, 0.3) is 0 Å². The molecular formula is C16H22O2. The summed E-state index contributed by atoms with van der Waals surface area (Å²) in [7, 11) is 0. The Hall–Kier alpha value is -1.31. The molecule has 2 atom stereocenters. The Kier molecular flexibility index (Phi) is 4.40. The van der Waals surface area contributed by atoms with Crippen molar-refractivity contribution >= 4 is 5.97 Å². The van der Waals surface area contributed by atoms with E-state index in [4.69, 9.17) is 5.11 Å². The van der Waals surface area contributed by atoms with Crippen molar-refractivity contribution in [3.8, 4) is 0 Å². The highest BCUT2D eigenvalue weighted by atomic mass is 16.4. The van der Waals surface area contributed by atoms with Crippen molar-refractivity contribution in [2.24, 2.45) is 11.8 Å². The van der Waals surface area contributed by atoms with Gasteiger partial charge in [-0.1, -0.05) is 37.6 Å². The number of benzene rings is 1. The number of carboxylic acid groups (broad SMARTS) is 1. The van der Waals surface area contributed by atoms with Crippen molar-refractivity contribution in [1.82, 2.24) is 0 Å². The fourth-order valence-electron chi connectivity index (χ4n) is 3.09. The van der Waals surface area contributed by atoms with Gasteiger partial charge in [-0.25, -0.2) is 0 Å². The average Bonchev–Trinajstić information content (AvgIpc) is 2.77. The van der Waals surface area contributed by atoms with E-state index >= 15 is 0 Å². The van der Waals surface area contributed by atoms with Gasteiger partial charge in [0.2, 0.25) is 0 Å². The molecule has 0 spiro atoms. The lowest BCUT2D eigenvalue weighted by Crippen LogP contribution is -2.15. The van der Waals surface area contributed by atoms with Crippen LogP contribution in [-0.4, -0.2) is 11.1 Å². The quantitative estimate of drug-likeness (QED) is 0.860. The summed E-state index contributed by atoms with van der Waals surface area (Å²) in [4.78, 5) is 10.8. The van der Waals surface area contributed by atoms with E-state index in [1.807, 2.05) is 0 Å². The Balaban J connectivity index is 1.96. The monoisotopic (exact) mass is 246 g/mol. The number of rotatable bonds is 5. The maximum atomic E-state index is 10.8. The van der Waals surface area contributed by atoms with E-state index in [0.717, 1.165) is 19.3 Å². The Labute approximate surface area is 109 Å². The summed E-state index contributed by atoms with van der Waals surface area (Å²) < 4.78 is 0. The number of hydrogen-bond acceptors (Lipinski definition) is 1. The summed E-state index contributed by atoms with van der Waals surface area (Å²) in [5.74, 6) is 0.301. The fourth-order valence-corrected chi connectivity index (χ4v) is 3.09. The molecule has 1 saturated carbocycles. The third kappa shape index (κ3) is 3.34. The van der Waals surface area contributed by atoms with E-state index in [2.05, 4.69) is 31.2 Å². The number of carboxylic acids is 1. The highest BCUT2D eigenvalue weighted by molar-refractivity contribution is 5.67. The molecule has 0 saturated heterocycles. The molecule has 2 nitrogen and oxygen atoms in total. The van der Waals surface area contributed by atoms with Crippen LogP contribution < -0.4 is 0 Å². The van der Waals surface area contributed by atoms with Crippen LogP contribution in [0.5, 0.6) is 0 Å². The molecule has 1 aromatic rings. The summed E-state index contributed by atoms with van der Waals surface area (Å²) in [6, 6.07) is 8.79. The minimum Gasteiger partial charge on any atom is -0.481 e. The molecule has 1 N–H and O–H groups in total. The van der Waals surface area contributed by atoms with Gasteiger partial charge in [-0.3, -0.25) is 4.79 Å². The lowest BCUT2D eigenvalue weighted by Gasteiger charge is -2.18. The highest BCUT2D eigenvalue weighted by Crippen LogP contribution is 2.36. The second-order valence-corrected chi connectivity index (χ2v) is 5.42. The van der Waals surface area contributed by atoms with Gasteiger partial charge in [0.15, 0.2) is 0 Å². The summed E-state index contributed by atoms with van der Waals surface area (Å²) in [5, 5.41) is 8.93. The van der Waals surface area contributed by atoms with Gasteiger partial charge in [0.05, 0.1) is 0 Å². The third-order valence-electron chi connectivity index (χ3n) is 4.18. The summed E-state index contributed by atoms with van der Waals surface area (Å²) in [6.45, 7) is 2.16. The molecule has 0 aliphatic heterocycles.